The molecule has 0 unspecified atom stereocenters. The van der Waals surface area contributed by atoms with Crippen molar-refractivity contribution in [3.8, 4) is 22.3 Å². The minimum Gasteiger partial charge on any atom is -0.0843 e. The summed E-state index contributed by atoms with van der Waals surface area (Å²) in [6.45, 7) is 0. The highest BCUT2D eigenvalue weighted by Gasteiger charge is 2.08. The monoisotopic (exact) mass is 364 g/mol. The smallest absolute Gasteiger partial charge is 0.0412 e. The Morgan fingerprint density at radius 3 is 1.89 bits per heavy atom. The Balaban J connectivity index is 1.69. The van der Waals surface area contributed by atoms with Gasteiger partial charge in [-0.3, -0.25) is 0 Å². The first-order chi connectivity index (χ1) is 13.3. The molecule has 27 heavy (non-hydrogen) atoms. The van der Waals surface area contributed by atoms with Gasteiger partial charge in [0.2, 0.25) is 0 Å². The standard InChI is InChI=1S/C26H17Cl/c27-22-8-5-7-20(16-22)18-12-14-19(15-13-18)26-17-21-6-1-2-9-23(21)24-10-3-4-11-25(24)26/h1-17H. The fourth-order valence-corrected chi connectivity index (χ4v) is 3.99. The third-order valence-corrected chi connectivity index (χ3v) is 5.36. The van der Waals surface area contributed by atoms with Gasteiger partial charge in [-0.1, -0.05) is 96.5 Å². The van der Waals surface area contributed by atoms with Gasteiger partial charge in [0.25, 0.3) is 0 Å². The zero-order valence-electron chi connectivity index (χ0n) is 14.7. The van der Waals surface area contributed by atoms with Crippen molar-refractivity contribution >= 4 is 33.1 Å². The second-order valence-electron chi connectivity index (χ2n) is 6.78. The van der Waals surface area contributed by atoms with Crippen molar-refractivity contribution in [1.29, 1.82) is 0 Å². The summed E-state index contributed by atoms with van der Waals surface area (Å²) < 4.78 is 0. The predicted octanol–water partition coefficient (Wildman–Crippen LogP) is 7.98. The average molecular weight is 365 g/mol. The topological polar surface area (TPSA) is 0 Å². The van der Waals surface area contributed by atoms with Crippen molar-refractivity contribution in [2.75, 3.05) is 0 Å². The first-order valence-electron chi connectivity index (χ1n) is 9.06. The van der Waals surface area contributed by atoms with Gasteiger partial charge in [-0.05, 0) is 62.0 Å². The van der Waals surface area contributed by atoms with Crippen LogP contribution in [-0.2, 0) is 0 Å². The molecule has 0 nitrogen and oxygen atoms in total. The molecule has 5 aromatic carbocycles. The SMILES string of the molecule is Clc1cccc(-c2ccc(-c3cc4ccccc4c4ccccc34)cc2)c1. The third kappa shape index (κ3) is 2.89. The maximum atomic E-state index is 6.14. The Bertz CT molecular complexity index is 1270. The first kappa shape index (κ1) is 16.1. The predicted molar refractivity (Wildman–Crippen MR) is 117 cm³/mol. The molecule has 0 amide bonds. The summed E-state index contributed by atoms with van der Waals surface area (Å²) in [6.07, 6.45) is 0. The van der Waals surface area contributed by atoms with Gasteiger partial charge < -0.3 is 0 Å². The molecular weight excluding hydrogens is 348 g/mol. The minimum absolute atomic E-state index is 0.761. The van der Waals surface area contributed by atoms with Crippen LogP contribution in [0, 0.1) is 0 Å². The van der Waals surface area contributed by atoms with Gasteiger partial charge in [0.05, 0.1) is 0 Å². The number of hydrogen-bond acceptors (Lipinski definition) is 0. The van der Waals surface area contributed by atoms with Gasteiger partial charge >= 0.3 is 0 Å². The van der Waals surface area contributed by atoms with E-state index < -0.39 is 0 Å². The van der Waals surface area contributed by atoms with Crippen molar-refractivity contribution in [2.45, 2.75) is 0 Å². The number of benzene rings is 5. The van der Waals surface area contributed by atoms with Crippen LogP contribution in [0.5, 0.6) is 0 Å². The normalized spacial score (nSPS) is 11.1. The second kappa shape index (κ2) is 6.57. The van der Waals surface area contributed by atoms with E-state index in [1.54, 1.807) is 0 Å². The number of hydrogen-bond donors (Lipinski definition) is 0. The van der Waals surface area contributed by atoms with Crippen LogP contribution in [0.4, 0.5) is 0 Å². The Kier molecular flexibility index (Phi) is 3.92. The van der Waals surface area contributed by atoms with Crippen LogP contribution >= 0.6 is 11.6 Å². The second-order valence-corrected chi connectivity index (χ2v) is 7.21. The summed E-state index contributed by atoms with van der Waals surface area (Å²) in [4.78, 5) is 0. The molecule has 0 aliphatic heterocycles. The lowest BCUT2D eigenvalue weighted by Gasteiger charge is -2.12. The highest BCUT2D eigenvalue weighted by molar-refractivity contribution is 6.30. The zero-order chi connectivity index (χ0) is 18.2. The van der Waals surface area contributed by atoms with E-state index in [9.17, 15) is 0 Å². The molecule has 0 bridgehead atoms. The summed E-state index contributed by atoms with van der Waals surface area (Å²) in [6, 6.07) is 36.3. The van der Waals surface area contributed by atoms with Gasteiger partial charge in [-0.15, -0.1) is 0 Å². The van der Waals surface area contributed by atoms with Gasteiger partial charge in [0.15, 0.2) is 0 Å². The molecule has 0 aliphatic rings. The quantitative estimate of drug-likeness (QED) is 0.278. The summed E-state index contributed by atoms with van der Waals surface area (Å²) in [7, 11) is 0. The Morgan fingerprint density at radius 1 is 0.444 bits per heavy atom. The molecule has 0 atom stereocenters. The van der Waals surface area contributed by atoms with Crippen molar-refractivity contribution in [1.82, 2.24) is 0 Å². The Morgan fingerprint density at radius 2 is 1.11 bits per heavy atom. The first-order valence-corrected chi connectivity index (χ1v) is 9.44. The number of fused-ring (bicyclic) bond motifs is 3. The van der Waals surface area contributed by atoms with Crippen LogP contribution in [0.3, 0.4) is 0 Å². The van der Waals surface area contributed by atoms with Crippen molar-refractivity contribution in [3.05, 3.63) is 108 Å². The lowest BCUT2D eigenvalue weighted by Crippen LogP contribution is -1.85. The molecule has 5 rings (SSSR count). The maximum Gasteiger partial charge on any atom is 0.0412 e. The average Bonchev–Trinajstić information content (AvgIpc) is 2.73. The van der Waals surface area contributed by atoms with E-state index in [1.807, 2.05) is 18.2 Å². The van der Waals surface area contributed by atoms with Crippen molar-refractivity contribution in [2.24, 2.45) is 0 Å². The van der Waals surface area contributed by atoms with Crippen molar-refractivity contribution < 1.29 is 0 Å². The fourth-order valence-electron chi connectivity index (χ4n) is 3.80. The van der Waals surface area contributed by atoms with Crippen LogP contribution in [0.15, 0.2) is 103 Å². The Labute approximate surface area is 163 Å². The van der Waals surface area contributed by atoms with E-state index in [1.165, 1.54) is 38.2 Å². The third-order valence-electron chi connectivity index (χ3n) is 5.12. The van der Waals surface area contributed by atoms with Crippen LogP contribution in [0.25, 0.3) is 43.8 Å². The molecule has 0 fully saturated rings. The van der Waals surface area contributed by atoms with Crippen LogP contribution in [0.2, 0.25) is 5.02 Å². The molecule has 0 saturated carbocycles. The van der Waals surface area contributed by atoms with Gasteiger partial charge in [-0.2, -0.15) is 0 Å². The fraction of sp³-hybridized carbons (Fsp3) is 0. The Hall–Kier alpha value is -3.09. The van der Waals surface area contributed by atoms with E-state index in [-0.39, 0.29) is 0 Å². The molecule has 0 radical (unpaired) electrons. The van der Waals surface area contributed by atoms with Crippen LogP contribution in [0.1, 0.15) is 0 Å². The molecule has 128 valence electrons. The number of rotatable bonds is 2. The lowest BCUT2D eigenvalue weighted by atomic mass is 9.92. The molecule has 5 aromatic rings. The molecule has 0 spiro atoms. The lowest BCUT2D eigenvalue weighted by molar-refractivity contribution is 1.61. The summed E-state index contributed by atoms with van der Waals surface area (Å²) in [5.74, 6) is 0. The molecule has 0 N–H and O–H groups in total. The minimum atomic E-state index is 0.761. The molecule has 0 saturated heterocycles. The van der Waals surface area contributed by atoms with Gasteiger partial charge in [0.1, 0.15) is 0 Å². The van der Waals surface area contributed by atoms with Crippen molar-refractivity contribution in [3.63, 3.8) is 0 Å². The molecule has 0 heterocycles. The largest absolute Gasteiger partial charge is 0.0843 e. The van der Waals surface area contributed by atoms with Gasteiger partial charge in [0, 0.05) is 5.02 Å². The van der Waals surface area contributed by atoms with Gasteiger partial charge in [-0.25, -0.2) is 0 Å². The van der Waals surface area contributed by atoms with E-state index >= 15 is 0 Å². The molecule has 0 aliphatic carbocycles. The molecule has 0 aromatic heterocycles. The number of halogens is 1. The van der Waals surface area contributed by atoms with E-state index in [2.05, 4.69) is 84.9 Å². The highest BCUT2D eigenvalue weighted by atomic mass is 35.5. The van der Waals surface area contributed by atoms with Crippen LogP contribution < -0.4 is 0 Å². The van der Waals surface area contributed by atoms with E-state index in [0.717, 1.165) is 10.6 Å². The maximum absolute atomic E-state index is 6.14. The van der Waals surface area contributed by atoms with Crippen LogP contribution in [-0.4, -0.2) is 0 Å². The summed E-state index contributed by atoms with van der Waals surface area (Å²) in [5.41, 5.74) is 4.80. The molecule has 1 heteroatoms. The van der Waals surface area contributed by atoms with E-state index in [0.29, 0.717) is 0 Å². The van der Waals surface area contributed by atoms with E-state index in [4.69, 9.17) is 11.6 Å². The summed E-state index contributed by atoms with van der Waals surface area (Å²) in [5, 5.41) is 5.91. The highest BCUT2D eigenvalue weighted by Crippen LogP contribution is 2.35. The molecular formula is C26H17Cl. The summed E-state index contributed by atoms with van der Waals surface area (Å²) >= 11 is 6.14. The zero-order valence-corrected chi connectivity index (χ0v) is 15.4.